The number of hydrogen-bond acceptors (Lipinski definition) is 5. The normalized spacial score (nSPS) is 16.1. The highest BCUT2D eigenvalue weighted by atomic mass is 19.1. The molecule has 160 valence electrons. The number of aromatic nitrogens is 2. The smallest absolute Gasteiger partial charge is 0.225 e. The van der Waals surface area contributed by atoms with E-state index in [-0.39, 0.29) is 17.6 Å². The molecule has 0 radical (unpaired) electrons. The second kappa shape index (κ2) is 9.55. The molecule has 1 amide bonds. The lowest BCUT2D eigenvalue weighted by Crippen LogP contribution is -2.43. The van der Waals surface area contributed by atoms with Gasteiger partial charge >= 0.3 is 0 Å². The molecule has 4 rings (SSSR count). The average Bonchev–Trinajstić information content (AvgIpc) is 2.84. The monoisotopic (exact) mass is 420 g/mol. The number of carbonyl (C=O) groups excluding carboxylic acids is 1. The van der Waals surface area contributed by atoms with Gasteiger partial charge in [0.15, 0.2) is 0 Å². The number of hydrogen-bond donors (Lipinski definition) is 1. The Balaban J connectivity index is 1.40. The molecule has 0 spiro atoms. The maximum Gasteiger partial charge on any atom is 0.225 e. The Morgan fingerprint density at radius 1 is 1.16 bits per heavy atom. The lowest BCUT2D eigenvalue weighted by Gasteiger charge is -2.33. The zero-order chi connectivity index (χ0) is 21.6. The minimum absolute atomic E-state index is 0.0125. The zero-order valence-electron chi connectivity index (χ0n) is 17.4. The molecule has 1 aliphatic rings. The topological polar surface area (TPSA) is 67.3 Å². The Bertz CT molecular complexity index is 1020. The zero-order valence-corrected chi connectivity index (χ0v) is 17.4. The van der Waals surface area contributed by atoms with E-state index in [1.807, 2.05) is 30.3 Å². The Hall–Kier alpha value is -3.48. The molecule has 1 aromatic heterocycles. The van der Waals surface area contributed by atoms with Crippen molar-refractivity contribution >= 4 is 11.7 Å². The van der Waals surface area contributed by atoms with E-state index in [0.29, 0.717) is 13.1 Å². The fourth-order valence-corrected chi connectivity index (χ4v) is 3.77. The van der Waals surface area contributed by atoms with Gasteiger partial charge in [-0.3, -0.25) is 4.79 Å². The molecule has 1 aliphatic heterocycles. The van der Waals surface area contributed by atoms with Crippen LogP contribution in [0.4, 0.5) is 10.2 Å². The molecule has 2 heterocycles. The van der Waals surface area contributed by atoms with Crippen molar-refractivity contribution in [3.63, 3.8) is 0 Å². The molecular weight excluding hydrogens is 395 g/mol. The van der Waals surface area contributed by atoms with Gasteiger partial charge in [0, 0.05) is 31.3 Å². The second-order valence-corrected chi connectivity index (χ2v) is 7.62. The van der Waals surface area contributed by atoms with Gasteiger partial charge in [0.1, 0.15) is 23.7 Å². The summed E-state index contributed by atoms with van der Waals surface area (Å²) in [5.74, 6) is 1.23. The van der Waals surface area contributed by atoms with Crippen LogP contribution in [0.25, 0.3) is 11.3 Å². The molecule has 31 heavy (non-hydrogen) atoms. The van der Waals surface area contributed by atoms with Crippen LogP contribution in [0.5, 0.6) is 5.75 Å². The number of amides is 1. The van der Waals surface area contributed by atoms with E-state index >= 15 is 0 Å². The van der Waals surface area contributed by atoms with Crippen molar-refractivity contribution in [2.24, 2.45) is 5.92 Å². The van der Waals surface area contributed by atoms with Crippen molar-refractivity contribution in [1.29, 1.82) is 0 Å². The second-order valence-electron chi connectivity index (χ2n) is 7.62. The maximum absolute atomic E-state index is 13.0. The number of carbonyl (C=O) groups is 1. The predicted octanol–water partition coefficient (Wildman–Crippen LogP) is 3.82. The van der Waals surface area contributed by atoms with E-state index in [9.17, 15) is 9.18 Å². The van der Waals surface area contributed by atoms with Crippen molar-refractivity contribution < 1.29 is 13.9 Å². The lowest BCUT2D eigenvalue weighted by atomic mass is 9.97. The van der Waals surface area contributed by atoms with Crippen LogP contribution in [-0.2, 0) is 11.3 Å². The van der Waals surface area contributed by atoms with Gasteiger partial charge in [-0.2, -0.15) is 0 Å². The summed E-state index contributed by atoms with van der Waals surface area (Å²) in [5.41, 5.74) is 2.69. The first kappa shape index (κ1) is 20.8. The van der Waals surface area contributed by atoms with Gasteiger partial charge < -0.3 is 15.0 Å². The Morgan fingerprint density at radius 3 is 2.68 bits per heavy atom. The van der Waals surface area contributed by atoms with E-state index in [0.717, 1.165) is 47.8 Å². The van der Waals surface area contributed by atoms with Gasteiger partial charge in [-0.1, -0.05) is 12.1 Å². The minimum atomic E-state index is -0.281. The van der Waals surface area contributed by atoms with Crippen LogP contribution in [0.3, 0.4) is 0 Å². The first-order valence-electron chi connectivity index (χ1n) is 10.4. The fraction of sp³-hybridized carbons (Fsp3) is 0.292. The van der Waals surface area contributed by atoms with Gasteiger partial charge in [-0.25, -0.2) is 14.4 Å². The Kier molecular flexibility index (Phi) is 6.40. The molecule has 6 nitrogen and oxygen atoms in total. The van der Waals surface area contributed by atoms with Gasteiger partial charge in [0.2, 0.25) is 5.91 Å². The van der Waals surface area contributed by atoms with Crippen LogP contribution < -0.4 is 15.0 Å². The molecule has 1 unspecified atom stereocenters. The summed E-state index contributed by atoms with van der Waals surface area (Å²) in [4.78, 5) is 23.7. The van der Waals surface area contributed by atoms with Crippen molar-refractivity contribution in [3.8, 4) is 17.0 Å². The summed E-state index contributed by atoms with van der Waals surface area (Å²) >= 11 is 0. The lowest BCUT2D eigenvalue weighted by molar-refractivity contribution is -0.125. The molecule has 2 aromatic carbocycles. The molecule has 0 saturated carbocycles. The van der Waals surface area contributed by atoms with Crippen molar-refractivity contribution in [3.05, 3.63) is 72.3 Å². The fourth-order valence-electron chi connectivity index (χ4n) is 3.77. The summed E-state index contributed by atoms with van der Waals surface area (Å²) in [6, 6.07) is 15.9. The summed E-state index contributed by atoms with van der Waals surface area (Å²) in [6.45, 7) is 1.85. The van der Waals surface area contributed by atoms with Crippen LogP contribution >= 0.6 is 0 Å². The van der Waals surface area contributed by atoms with Crippen LogP contribution in [0.1, 0.15) is 18.4 Å². The van der Waals surface area contributed by atoms with E-state index in [1.165, 1.54) is 12.1 Å². The molecule has 0 aliphatic carbocycles. The highest BCUT2D eigenvalue weighted by Gasteiger charge is 2.26. The first-order chi connectivity index (χ1) is 15.1. The molecule has 3 aromatic rings. The van der Waals surface area contributed by atoms with Gasteiger partial charge in [0.05, 0.1) is 18.7 Å². The highest BCUT2D eigenvalue weighted by Crippen LogP contribution is 2.26. The van der Waals surface area contributed by atoms with Gasteiger partial charge in [-0.05, 0) is 54.8 Å². The SMILES string of the molecule is COc1ccc(-c2cc(N3CCCC(C(=O)NCc4ccc(F)cc4)C3)ncn2)cc1. The maximum atomic E-state index is 13.0. The summed E-state index contributed by atoms with van der Waals surface area (Å²) < 4.78 is 18.3. The molecular formula is C24H25FN4O2. The van der Waals surface area contributed by atoms with Crippen LogP contribution in [-0.4, -0.2) is 36.1 Å². The molecule has 7 heteroatoms. The van der Waals surface area contributed by atoms with Crippen molar-refractivity contribution in [2.75, 3.05) is 25.1 Å². The highest BCUT2D eigenvalue weighted by molar-refractivity contribution is 5.79. The van der Waals surface area contributed by atoms with Crippen LogP contribution in [0, 0.1) is 11.7 Å². The summed E-state index contributed by atoms with van der Waals surface area (Å²) in [7, 11) is 1.64. The van der Waals surface area contributed by atoms with Crippen LogP contribution in [0.15, 0.2) is 60.9 Å². The van der Waals surface area contributed by atoms with E-state index in [2.05, 4.69) is 20.2 Å². The Labute approximate surface area is 181 Å². The molecule has 1 N–H and O–H groups in total. The average molecular weight is 420 g/mol. The number of nitrogens with zero attached hydrogens (tertiary/aromatic N) is 3. The Morgan fingerprint density at radius 2 is 1.94 bits per heavy atom. The van der Waals surface area contributed by atoms with E-state index in [4.69, 9.17) is 4.74 Å². The van der Waals surface area contributed by atoms with Gasteiger partial charge in [-0.15, -0.1) is 0 Å². The number of anilines is 1. The quantitative estimate of drug-likeness (QED) is 0.657. The van der Waals surface area contributed by atoms with Crippen molar-refractivity contribution in [2.45, 2.75) is 19.4 Å². The van der Waals surface area contributed by atoms with E-state index in [1.54, 1.807) is 25.6 Å². The third kappa shape index (κ3) is 5.17. The molecule has 0 bridgehead atoms. The minimum Gasteiger partial charge on any atom is -0.497 e. The third-order valence-electron chi connectivity index (χ3n) is 5.53. The standard InChI is InChI=1S/C24H25FN4O2/c1-31-21-10-6-18(7-11-21)22-13-23(28-16-27-22)29-12-2-3-19(15-29)24(30)26-14-17-4-8-20(25)9-5-17/h4-11,13,16,19H,2-3,12,14-15H2,1H3,(H,26,30). The largest absolute Gasteiger partial charge is 0.497 e. The van der Waals surface area contributed by atoms with Crippen LogP contribution in [0.2, 0.25) is 0 Å². The summed E-state index contributed by atoms with van der Waals surface area (Å²) in [6.07, 6.45) is 3.31. The number of rotatable bonds is 6. The molecule has 1 atom stereocenters. The molecule has 1 saturated heterocycles. The number of halogens is 1. The third-order valence-corrected chi connectivity index (χ3v) is 5.53. The number of benzene rings is 2. The number of methoxy groups -OCH3 is 1. The van der Waals surface area contributed by atoms with E-state index < -0.39 is 0 Å². The predicted molar refractivity (Wildman–Crippen MR) is 117 cm³/mol. The van der Waals surface area contributed by atoms with Crippen molar-refractivity contribution in [1.82, 2.24) is 15.3 Å². The number of piperidine rings is 1. The number of ether oxygens (including phenoxy) is 1. The summed E-state index contributed by atoms with van der Waals surface area (Å²) in [5, 5.41) is 2.98. The molecule has 1 fully saturated rings. The first-order valence-corrected chi connectivity index (χ1v) is 10.4. The van der Waals surface area contributed by atoms with Gasteiger partial charge in [0.25, 0.3) is 0 Å². The number of nitrogens with one attached hydrogen (secondary N) is 1.